The number of benzene rings is 1. The third kappa shape index (κ3) is 5.27. The molecule has 1 aromatic rings. The molecule has 1 saturated heterocycles. The SMILES string of the molecule is CCc1cccc(CC)c1NC(=S)N1CCC([NH+](C)C2CCCCCC2)CC1. The first kappa shape index (κ1) is 21.6. The summed E-state index contributed by atoms with van der Waals surface area (Å²) in [6.45, 7) is 6.63. The minimum absolute atomic E-state index is 0.802. The average molecular weight is 403 g/mol. The van der Waals surface area contributed by atoms with Crippen LogP contribution in [0.2, 0.25) is 0 Å². The van der Waals surface area contributed by atoms with Crippen LogP contribution in [0.3, 0.4) is 0 Å². The van der Waals surface area contributed by atoms with Crippen molar-refractivity contribution in [3.05, 3.63) is 29.3 Å². The van der Waals surface area contributed by atoms with Gasteiger partial charge in [0.2, 0.25) is 0 Å². The van der Waals surface area contributed by atoms with E-state index in [-0.39, 0.29) is 0 Å². The fourth-order valence-electron chi connectivity index (χ4n) is 5.20. The van der Waals surface area contributed by atoms with Gasteiger partial charge in [-0.1, -0.05) is 44.9 Å². The quantitative estimate of drug-likeness (QED) is 0.569. The summed E-state index contributed by atoms with van der Waals surface area (Å²) in [4.78, 5) is 4.20. The van der Waals surface area contributed by atoms with Gasteiger partial charge in [0, 0.05) is 31.6 Å². The van der Waals surface area contributed by atoms with Gasteiger partial charge in [-0.05, 0) is 61.9 Å². The standard InChI is InChI=1S/C24H39N3S/c1-4-19-11-10-12-20(5-2)23(19)25-24(28)27-17-15-22(16-18-27)26(3)21-13-8-6-7-9-14-21/h10-12,21-22H,4-9,13-18H2,1-3H3,(H,25,28)/p+1. The number of nitrogens with zero attached hydrogens (tertiary/aromatic N) is 1. The smallest absolute Gasteiger partial charge is 0.173 e. The van der Waals surface area contributed by atoms with Crippen molar-refractivity contribution < 1.29 is 4.90 Å². The zero-order valence-corrected chi connectivity index (χ0v) is 19.0. The average Bonchev–Trinajstić information content (AvgIpc) is 3.03. The molecule has 1 saturated carbocycles. The Balaban J connectivity index is 1.55. The minimum Gasteiger partial charge on any atom is -0.349 e. The van der Waals surface area contributed by atoms with Crippen molar-refractivity contribution >= 4 is 23.0 Å². The number of para-hydroxylation sites is 1. The van der Waals surface area contributed by atoms with Gasteiger partial charge in [0.1, 0.15) is 0 Å². The first-order valence-electron chi connectivity index (χ1n) is 11.6. The monoisotopic (exact) mass is 402 g/mol. The molecule has 0 spiro atoms. The number of anilines is 1. The first-order valence-corrected chi connectivity index (χ1v) is 12.0. The molecule has 1 unspecified atom stereocenters. The summed E-state index contributed by atoms with van der Waals surface area (Å²) in [5, 5.41) is 4.53. The van der Waals surface area contributed by atoms with Gasteiger partial charge in [-0.25, -0.2) is 0 Å². The van der Waals surface area contributed by atoms with E-state index >= 15 is 0 Å². The van der Waals surface area contributed by atoms with Crippen molar-refractivity contribution in [3.8, 4) is 0 Å². The van der Waals surface area contributed by atoms with Crippen molar-refractivity contribution in [1.29, 1.82) is 0 Å². The van der Waals surface area contributed by atoms with Gasteiger partial charge in [0.25, 0.3) is 0 Å². The third-order valence-corrected chi connectivity index (χ3v) is 7.52. The summed E-state index contributed by atoms with van der Waals surface area (Å²) in [5.74, 6) is 0. The number of nitrogens with one attached hydrogen (secondary N) is 2. The molecule has 4 heteroatoms. The molecule has 156 valence electrons. The summed E-state index contributed by atoms with van der Waals surface area (Å²) in [6, 6.07) is 8.30. The van der Waals surface area contributed by atoms with Gasteiger partial charge >= 0.3 is 0 Å². The molecule has 1 aromatic carbocycles. The number of hydrogen-bond acceptors (Lipinski definition) is 1. The van der Waals surface area contributed by atoms with Gasteiger partial charge in [-0.2, -0.15) is 0 Å². The lowest BCUT2D eigenvalue weighted by Gasteiger charge is -2.39. The molecule has 0 radical (unpaired) electrons. The number of rotatable bonds is 5. The highest BCUT2D eigenvalue weighted by Crippen LogP contribution is 2.24. The van der Waals surface area contributed by atoms with E-state index in [1.54, 1.807) is 4.90 Å². The molecule has 2 fully saturated rings. The molecule has 28 heavy (non-hydrogen) atoms. The van der Waals surface area contributed by atoms with Gasteiger partial charge in [-0.3, -0.25) is 0 Å². The maximum absolute atomic E-state index is 5.83. The van der Waals surface area contributed by atoms with E-state index in [0.717, 1.165) is 43.1 Å². The summed E-state index contributed by atoms with van der Waals surface area (Å²) in [5.41, 5.74) is 3.99. The van der Waals surface area contributed by atoms with Crippen LogP contribution < -0.4 is 10.2 Å². The lowest BCUT2D eigenvalue weighted by Crippen LogP contribution is -3.17. The molecule has 0 bridgehead atoms. The molecule has 1 aliphatic carbocycles. The lowest BCUT2D eigenvalue weighted by atomic mass is 9.99. The van der Waals surface area contributed by atoms with Crippen molar-refractivity contribution in [2.24, 2.45) is 0 Å². The molecule has 2 N–H and O–H groups in total. The second-order valence-corrected chi connectivity index (χ2v) is 9.17. The van der Waals surface area contributed by atoms with Crippen LogP contribution in [0.25, 0.3) is 0 Å². The predicted octanol–water partition coefficient (Wildman–Crippen LogP) is 4.21. The molecule has 1 heterocycles. The van der Waals surface area contributed by atoms with E-state index in [9.17, 15) is 0 Å². The zero-order valence-electron chi connectivity index (χ0n) is 18.2. The molecular formula is C24H40N3S+. The van der Waals surface area contributed by atoms with E-state index in [0.29, 0.717) is 0 Å². The number of thiocarbonyl (C=S) groups is 1. The predicted molar refractivity (Wildman–Crippen MR) is 124 cm³/mol. The van der Waals surface area contributed by atoms with Crippen LogP contribution in [0.1, 0.15) is 76.3 Å². The van der Waals surface area contributed by atoms with Crippen molar-refractivity contribution in [3.63, 3.8) is 0 Å². The molecular weight excluding hydrogens is 362 g/mol. The highest BCUT2D eigenvalue weighted by atomic mass is 32.1. The van der Waals surface area contributed by atoms with E-state index in [4.69, 9.17) is 12.2 Å². The molecule has 3 rings (SSSR count). The van der Waals surface area contributed by atoms with Gasteiger partial charge in [-0.15, -0.1) is 0 Å². The second-order valence-electron chi connectivity index (χ2n) is 8.78. The highest BCUT2D eigenvalue weighted by Gasteiger charge is 2.31. The number of hydrogen-bond donors (Lipinski definition) is 2. The summed E-state index contributed by atoms with van der Waals surface area (Å²) in [6.07, 6.45) is 13.2. The van der Waals surface area contributed by atoms with Crippen LogP contribution in [0.15, 0.2) is 18.2 Å². The molecule has 1 atom stereocenters. The van der Waals surface area contributed by atoms with Gasteiger partial charge in [0.15, 0.2) is 5.11 Å². The zero-order chi connectivity index (χ0) is 19.9. The largest absolute Gasteiger partial charge is 0.349 e. The number of piperidine rings is 1. The Morgan fingerprint density at radius 1 is 0.964 bits per heavy atom. The number of quaternary nitrogens is 1. The van der Waals surface area contributed by atoms with E-state index in [1.807, 2.05) is 0 Å². The topological polar surface area (TPSA) is 19.7 Å². The van der Waals surface area contributed by atoms with Crippen LogP contribution in [-0.4, -0.2) is 42.2 Å². The molecule has 0 aromatic heterocycles. The van der Waals surface area contributed by atoms with Crippen LogP contribution in [0.5, 0.6) is 0 Å². The Morgan fingerprint density at radius 3 is 2.04 bits per heavy atom. The maximum atomic E-state index is 5.83. The van der Waals surface area contributed by atoms with Crippen LogP contribution >= 0.6 is 12.2 Å². The Bertz CT molecular complexity index is 606. The molecule has 3 nitrogen and oxygen atoms in total. The first-order chi connectivity index (χ1) is 13.6. The highest BCUT2D eigenvalue weighted by molar-refractivity contribution is 7.80. The van der Waals surface area contributed by atoms with Gasteiger partial charge < -0.3 is 15.1 Å². The second kappa shape index (κ2) is 10.6. The summed E-state index contributed by atoms with van der Waals surface area (Å²) in [7, 11) is 2.46. The van der Waals surface area contributed by atoms with Crippen LogP contribution in [0.4, 0.5) is 5.69 Å². The van der Waals surface area contributed by atoms with Crippen molar-refractivity contribution in [2.45, 2.75) is 90.1 Å². The van der Waals surface area contributed by atoms with Crippen molar-refractivity contribution in [2.75, 3.05) is 25.5 Å². The Hall–Kier alpha value is -1.13. The van der Waals surface area contributed by atoms with Gasteiger partial charge in [0.05, 0.1) is 19.1 Å². The van der Waals surface area contributed by atoms with E-state index in [2.05, 4.69) is 49.3 Å². The number of likely N-dealkylation sites (tertiary alicyclic amines) is 1. The fraction of sp³-hybridized carbons (Fsp3) is 0.708. The third-order valence-electron chi connectivity index (χ3n) is 7.16. The fourth-order valence-corrected chi connectivity index (χ4v) is 5.48. The maximum Gasteiger partial charge on any atom is 0.173 e. The normalized spacial score (nSPS) is 20.6. The Kier molecular flexibility index (Phi) is 8.16. The van der Waals surface area contributed by atoms with Crippen LogP contribution in [-0.2, 0) is 12.8 Å². The minimum atomic E-state index is 0.802. The molecule has 2 aliphatic rings. The Morgan fingerprint density at radius 2 is 1.50 bits per heavy atom. The molecule has 0 amide bonds. The number of aryl methyl sites for hydroxylation is 2. The Labute approximate surface area is 177 Å². The molecule has 1 aliphatic heterocycles. The van der Waals surface area contributed by atoms with Crippen LogP contribution in [0, 0.1) is 0 Å². The summed E-state index contributed by atoms with van der Waals surface area (Å²) < 4.78 is 0. The van der Waals surface area contributed by atoms with Crippen molar-refractivity contribution in [1.82, 2.24) is 4.90 Å². The van der Waals surface area contributed by atoms with E-state index in [1.165, 1.54) is 68.2 Å². The van der Waals surface area contributed by atoms with E-state index < -0.39 is 0 Å². The lowest BCUT2D eigenvalue weighted by molar-refractivity contribution is -0.933. The summed E-state index contributed by atoms with van der Waals surface area (Å²) >= 11 is 5.83.